The summed E-state index contributed by atoms with van der Waals surface area (Å²) in [5.74, 6) is 0.294. The summed E-state index contributed by atoms with van der Waals surface area (Å²) in [6, 6.07) is 3.57. The topological polar surface area (TPSA) is 45.5 Å². The van der Waals surface area contributed by atoms with E-state index in [1.54, 1.807) is 12.1 Å². The summed E-state index contributed by atoms with van der Waals surface area (Å²) in [6.07, 6.45) is 2.95. The number of furan rings is 1. The van der Waals surface area contributed by atoms with E-state index in [4.69, 9.17) is 16.0 Å². The number of hydrogen-bond donors (Lipinski definition) is 1. The number of carbonyl (C=O) groups is 1. The fraction of sp³-hybridized carbons (Fsp3) is 0.615. The smallest absolute Gasteiger partial charge is 0.289 e. The molecule has 0 atom stereocenters. The molecule has 4 nitrogen and oxygen atoms in total. The van der Waals surface area contributed by atoms with Crippen molar-refractivity contribution in [3.63, 3.8) is 0 Å². The van der Waals surface area contributed by atoms with E-state index in [2.05, 4.69) is 12.2 Å². The van der Waals surface area contributed by atoms with Gasteiger partial charge >= 0.3 is 0 Å². The Hall–Kier alpha value is -0.710. The van der Waals surface area contributed by atoms with Gasteiger partial charge in [0.15, 0.2) is 11.0 Å². The number of nitrogens with zero attached hydrogens (tertiary/aromatic N) is 1. The highest BCUT2D eigenvalue weighted by molar-refractivity contribution is 6.29. The Labute approximate surface area is 124 Å². The first-order chi connectivity index (χ1) is 8.72. The number of hydrogen-bond acceptors (Lipinski definition) is 3. The number of amides is 1. The van der Waals surface area contributed by atoms with Crippen LogP contribution in [0, 0.1) is 0 Å². The zero-order valence-electron chi connectivity index (χ0n) is 11.0. The van der Waals surface area contributed by atoms with Gasteiger partial charge in [-0.2, -0.15) is 0 Å². The van der Waals surface area contributed by atoms with Crippen LogP contribution in [0.1, 0.15) is 36.7 Å². The molecular weight excluding hydrogens is 287 g/mol. The molecule has 1 amide bonds. The second-order valence-corrected chi connectivity index (χ2v) is 4.96. The highest BCUT2D eigenvalue weighted by Crippen LogP contribution is 2.19. The molecule has 1 aliphatic rings. The second kappa shape index (κ2) is 7.78. The lowest BCUT2D eigenvalue weighted by Gasteiger charge is -2.34. The van der Waals surface area contributed by atoms with Crippen LogP contribution in [0.5, 0.6) is 0 Å². The third-order valence-electron chi connectivity index (χ3n) is 3.26. The average molecular weight is 307 g/mol. The Morgan fingerprint density at radius 3 is 2.68 bits per heavy atom. The molecule has 0 aromatic carbocycles. The fourth-order valence-corrected chi connectivity index (χ4v) is 2.53. The number of halogens is 2. The quantitative estimate of drug-likeness (QED) is 0.930. The van der Waals surface area contributed by atoms with Gasteiger partial charge in [-0.15, -0.1) is 12.4 Å². The molecule has 6 heteroatoms. The van der Waals surface area contributed by atoms with Crippen molar-refractivity contribution < 1.29 is 9.21 Å². The predicted molar refractivity (Wildman–Crippen MR) is 78.2 cm³/mol. The van der Waals surface area contributed by atoms with Gasteiger partial charge < -0.3 is 14.6 Å². The summed E-state index contributed by atoms with van der Waals surface area (Å²) < 4.78 is 5.22. The van der Waals surface area contributed by atoms with Gasteiger partial charge in [-0.1, -0.05) is 6.92 Å². The first kappa shape index (κ1) is 16.3. The second-order valence-electron chi connectivity index (χ2n) is 4.58. The Morgan fingerprint density at radius 1 is 1.47 bits per heavy atom. The van der Waals surface area contributed by atoms with Gasteiger partial charge in [-0.3, -0.25) is 4.79 Å². The van der Waals surface area contributed by atoms with E-state index in [9.17, 15) is 4.79 Å². The molecule has 0 unspecified atom stereocenters. The van der Waals surface area contributed by atoms with Gasteiger partial charge in [0.05, 0.1) is 0 Å². The van der Waals surface area contributed by atoms with Crippen molar-refractivity contribution in [3.05, 3.63) is 23.1 Å². The summed E-state index contributed by atoms with van der Waals surface area (Å²) in [4.78, 5) is 14.3. The molecule has 0 radical (unpaired) electrons. The van der Waals surface area contributed by atoms with Gasteiger partial charge in [0.25, 0.3) is 5.91 Å². The molecule has 19 heavy (non-hydrogen) atoms. The van der Waals surface area contributed by atoms with Crippen LogP contribution in [0.2, 0.25) is 5.22 Å². The van der Waals surface area contributed by atoms with Crippen molar-refractivity contribution in [1.82, 2.24) is 10.2 Å². The van der Waals surface area contributed by atoms with Gasteiger partial charge in [0.1, 0.15) is 0 Å². The van der Waals surface area contributed by atoms with E-state index in [1.807, 2.05) is 4.90 Å². The third kappa shape index (κ3) is 4.13. The van der Waals surface area contributed by atoms with Gasteiger partial charge in [0, 0.05) is 12.6 Å². The molecule has 0 aliphatic carbocycles. The normalized spacial score (nSPS) is 15.9. The summed E-state index contributed by atoms with van der Waals surface area (Å²) in [5, 5.41) is 3.58. The standard InChI is InChI=1S/C13H19ClN2O2.ClH/c1-2-9-16(10-5-7-15-8-6-10)13(17)11-3-4-12(14)18-11;/h3-4,10,15H,2,5-9H2,1H3;1H. The molecule has 0 bridgehead atoms. The molecule has 1 fully saturated rings. The molecule has 1 aromatic rings. The monoisotopic (exact) mass is 306 g/mol. The largest absolute Gasteiger partial charge is 0.440 e. The average Bonchev–Trinajstić information content (AvgIpc) is 2.83. The number of carbonyl (C=O) groups excluding carboxylic acids is 1. The van der Waals surface area contributed by atoms with E-state index in [-0.39, 0.29) is 23.5 Å². The lowest BCUT2D eigenvalue weighted by Crippen LogP contribution is -2.46. The Bertz CT molecular complexity index is 403. The molecule has 1 aromatic heterocycles. The van der Waals surface area contributed by atoms with Crippen LogP contribution in [0.4, 0.5) is 0 Å². The first-order valence-corrected chi connectivity index (χ1v) is 6.87. The van der Waals surface area contributed by atoms with Crippen molar-refractivity contribution >= 4 is 29.9 Å². The fourth-order valence-electron chi connectivity index (χ4n) is 2.38. The maximum absolute atomic E-state index is 12.4. The SMILES string of the molecule is CCCN(C(=O)c1ccc(Cl)o1)C1CCNCC1.Cl. The van der Waals surface area contributed by atoms with E-state index in [0.29, 0.717) is 11.8 Å². The minimum absolute atomic E-state index is 0. The number of rotatable bonds is 4. The number of piperidine rings is 1. The Balaban J connectivity index is 0.00000180. The van der Waals surface area contributed by atoms with Gasteiger partial charge in [-0.25, -0.2) is 0 Å². The van der Waals surface area contributed by atoms with Crippen LogP contribution in [-0.2, 0) is 0 Å². The lowest BCUT2D eigenvalue weighted by atomic mass is 10.0. The van der Waals surface area contributed by atoms with Gasteiger partial charge in [-0.05, 0) is 56.1 Å². The summed E-state index contributed by atoms with van der Waals surface area (Å²) in [7, 11) is 0. The molecule has 1 aliphatic heterocycles. The van der Waals surface area contributed by atoms with Crippen LogP contribution in [0.15, 0.2) is 16.5 Å². The maximum atomic E-state index is 12.4. The van der Waals surface area contributed by atoms with Gasteiger partial charge in [0.2, 0.25) is 0 Å². The summed E-state index contributed by atoms with van der Waals surface area (Å²) in [5.41, 5.74) is 0. The number of nitrogens with one attached hydrogen (secondary N) is 1. The zero-order chi connectivity index (χ0) is 13.0. The zero-order valence-corrected chi connectivity index (χ0v) is 12.6. The molecule has 0 spiro atoms. The van der Waals surface area contributed by atoms with E-state index < -0.39 is 0 Å². The molecule has 2 heterocycles. The van der Waals surface area contributed by atoms with Crippen molar-refractivity contribution in [2.45, 2.75) is 32.2 Å². The molecule has 1 saturated heterocycles. The highest BCUT2D eigenvalue weighted by Gasteiger charge is 2.27. The van der Waals surface area contributed by atoms with Crippen molar-refractivity contribution in [1.29, 1.82) is 0 Å². The van der Waals surface area contributed by atoms with Crippen LogP contribution in [-0.4, -0.2) is 36.5 Å². The van der Waals surface area contributed by atoms with Crippen molar-refractivity contribution in [2.75, 3.05) is 19.6 Å². The minimum atomic E-state index is -0.0457. The Kier molecular flexibility index (Phi) is 6.69. The molecule has 2 rings (SSSR count). The summed E-state index contributed by atoms with van der Waals surface area (Å²) in [6.45, 7) is 4.78. The van der Waals surface area contributed by atoms with Crippen molar-refractivity contribution in [2.24, 2.45) is 0 Å². The lowest BCUT2D eigenvalue weighted by molar-refractivity contribution is 0.0610. The summed E-state index contributed by atoms with van der Waals surface area (Å²) >= 11 is 5.72. The minimum Gasteiger partial charge on any atom is -0.440 e. The van der Waals surface area contributed by atoms with Crippen LogP contribution in [0.3, 0.4) is 0 Å². The van der Waals surface area contributed by atoms with E-state index >= 15 is 0 Å². The first-order valence-electron chi connectivity index (χ1n) is 6.49. The van der Waals surface area contributed by atoms with Crippen LogP contribution < -0.4 is 5.32 Å². The third-order valence-corrected chi connectivity index (χ3v) is 3.46. The molecular formula is C13H20Cl2N2O2. The van der Waals surface area contributed by atoms with Crippen LogP contribution >= 0.6 is 24.0 Å². The maximum Gasteiger partial charge on any atom is 0.289 e. The van der Waals surface area contributed by atoms with Crippen molar-refractivity contribution in [3.8, 4) is 0 Å². The van der Waals surface area contributed by atoms with E-state index in [0.717, 1.165) is 38.9 Å². The predicted octanol–water partition coefficient (Wildman–Crippen LogP) is 2.96. The molecule has 1 N–H and O–H groups in total. The molecule has 108 valence electrons. The van der Waals surface area contributed by atoms with E-state index in [1.165, 1.54) is 0 Å². The van der Waals surface area contributed by atoms with Crippen LogP contribution in [0.25, 0.3) is 0 Å². The Morgan fingerprint density at radius 2 is 2.16 bits per heavy atom. The molecule has 0 saturated carbocycles. The highest BCUT2D eigenvalue weighted by atomic mass is 35.5.